The highest BCUT2D eigenvalue weighted by molar-refractivity contribution is 6.31. The van der Waals surface area contributed by atoms with E-state index in [9.17, 15) is 9.90 Å². The summed E-state index contributed by atoms with van der Waals surface area (Å²) in [6.45, 7) is 3.82. The van der Waals surface area contributed by atoms with Crippen molar-refractivity contribution in [2.75, 3.05) is 0 Å². The molecular weight excluding hydrogens is 188 g/mol. The highest BCUT2D eigenvalue weighted by atomic mass is 35.5. The molecule has 0 unspecified atom stereocenters. The van der Waals surface area contributed by atoms with Gasteiger partial charge >= 0.3 is 0 Å². The molecule has 0 aliphatic heterocycles. The maximum atomic E-state index is 10.5. The summed E-state index contributed by atoms with van der Waals surface area (Å²) in [5.74, 6) is 0.102. The fourth-order valence-electron chi connectivity index (χ4n) is 1.24. The molecule has 0 aliphatic carbocycles. The molecule has 13 heavy (non-hydrogen) atoms. The maximum absolute atomic E-state index is 10.5. The molecule has 0 saturated heterocycles. The van der Waals surface area contributed by atoms with Crippen LogP contribution in [0, 0.1) is 0 Å². The van der Waals surface area contributed by atoms with Gasteiger partial charge in [0.15, 0.2) is 6.29 Å². The quantitative estimate of drug-likeness (QED) is 0.742. The first-order valence-corrected chi connectivity index (χ1v) is 4.42. The monoisotopic (exact) mass is 198 g/mol. The Bertz CT molecular complexity index is 332. The van der Waals surface area contributed by atoms with Crippen LogP contribution >= 0.6 is 11.6 Å². The first-order valence-electron chi connectivity index (χ1n) is 4.04. The average Bonchev–Trinajstić information content (AvgIpc) is 2.04. The molecule has 3 heteroatoms. The van der Waals surface area contributed by atoms with Crippen molar-refractivity contribution in [1.82, 2.24) is 0 Å². The van der Waals surface area contributed by atoms with E-state index < -0.39 is 0 Å². The van der Waals surface area contributed by atoms with Gasteiger partial charge in [-0.15, -0.1) is 0 Å². The molecule has 0 bridgehead atoms. The van der Waals surface area contributed by atoms with Crippen LogP contribution < -0.4 is 0 Å². The number of benzene rings is 1. The topological polar surface area (TPSA) is 37.3 Å². The van der Waals surface area contributed by atoms with E-state index in [0.29, 0.717) is 16.9 Å². The highest BCUT2D eigenvalue weighted by Crippen LogP contribution is 2.34. The van der Waals surface area contributed by atoms with E-state index in [1.54, 1.807) is 6.07 Å². The Morgan fingerprint density at radius 2 is 2.08 bits per heavy atom. The fraction of sp³-hybridized carbons (Fsp3) is 0.300. The number of rotatable bonds is 2. The van der Waals surface area contributed by atoms with Gasteiger partial charge in [0, 0.05) is 10.6 Å². The van der Waals surface area contributed by atoms with E-state index in [1.165, 1.54) is 6.07 Å². The normalized spacial score (nSPS) is 10.5. The summed E-state index contributed by atoms with van der Waals surface area (Å²) < 4.78 is 0. The zero-order valence-electron chi connectivity index (χ0n) is 7.54. The van der Waals surface area contributed by atoms with Gasteiger partial charge in [-0.2, -0.15) is 0 Å². The molecule has 1 aromatic rings. The Labute approximate surface area is 82.2 Å². The standard InChI is InChI=1S/C10H11ClO2/c1-6(2)9-8(11)4-3-7(5-12)10(9)13/h3-6,13H,1-2H3. The third kappa shape index (κ3) is 1.83. The Morgan fingerprint density at radius 1 is 1.46 bits per heavy atom. The van der Waals surface area contributed by atoms with Crippen LogP contribution in [0.2, 0.25) is 5.02 Å². The van der Waals surface area contributed by atoms with Crippen molar-refractivity contribution < 1.29 is 9.90 Å². The van der Waals surface area contributed by atoms with E-state index in [2.05, 4.69) is 0 Å². The molecule has 1 aromatic carbocycles. The third-order valence-electron chi connectivity index (χ3n) is 1.90. The average molecular weight is 199 g/mol. The van der Waals surface area contributed by atoms with Crippen molar-refractivity contribution in [3.63, 3.8) is 0 Å². The van der Waals surface area contributed by atoms with Gasteiger partial charge in [-0.05, 0) is 18.1 Å². The molecule has 2 nitrogen and oxygen atoms in total. The summed E-state index contributed by atoms with van der Waals surface area (Å²) in [7, 11) is 0. The van der Waals surface area contributed by atoms with E-state index in [1.807, 2.05) is 13.8 Å². The van der Waals surface area contributed by atoms with Crippen molar-refractivity contribution in [1.29, 1.82) is 0 Å². The lowest BCUT2D eigenvalue weighted by Gasteiger charge is -2.11. The molecule has 0 amide bonds. The van der Waals surface area contributed by atoms with Gasteiger partial charge in [0.2, 0.25) is 0 Å². The lowest BCUT2D eigenvalue weighted by atomic mass is 9.99. The Morgan fingerprint density at radius 3 is 2.54 bits per heavy atom. The second-order valence-electron chi connectivity index (χ2n) is 3.17. The molecule has 0 radical (unpaired) electrons. The van der Waals surface area contributed by atoms with Crippen molar-refractivity contribution in [3.8, 4) is 5.75 Å². The van der Waals surface area contributed by atoms with Crippen LogP contribution in [-0.4, -0.2) is 11.4 Å². The molecule has 0 aromatic heterocycles. The molecule has 1 rings (SSSR count). The predicted molar refractivity (Wildman–Crippen MR) is 52.6 cm³/mol. The minimum atomic E-state index is -0.00231. The zero-order valence-corrected chi connectivity index (χ0v) is 8.30. The Balaban J connectivity index is 3.38. The fourth-order valence-corrected chi connectivity index (χ4v) is 1.62. The smallest absolute Gasteiger partial charge is 0.153 e. The van der Waals surface area contributed by atoms with E-state index >= 15 is 0 Å². The Kier molecular flexibility index (Phi) is 2.94. The molecule has 0 spiro atoms. The van der Waals surface area contributed by atoms with Crippen LogP contribution in [0.5, 0.6) is 5.75 Å². The maximum Gasteiger partial charge on any atom is 0.153 e. The van der Waals surface area contributed by atoms with Crippen LogP contribution in [0.15, 0.2) is 12.1 Å². The zero-order chi connectivity index (χ0) is 10.0. The van der Waals surface area contributed by atoms with Crippen LogP contribution in [0.3, 0.4) is 0 Å². The minimum Gasteiger partial charge on any atom is -0.507 e. The van der Waals surface area contributed by atoms with Crippen LogP contribution in [0.4, 0.5) is 0 Å². The van der Waals surface area contributed by atoms with E-state index in [-0.39, 0.29) is 17.2 Å². The third-order valence-corrected chi connectivity index (χ3v) is 2.23. The molecular formula is C10H11ClO2. The number of halogens is 1. The first-order chi connectivity index (χ1) is 6.07. The van der Waals surface area contributed by atoms with Crippen LogP contribution in [0.1, 0.15) is 35.7 Å². The summed E-state index contributed by atoms with van der Waals surface area (Å²) in [5.41, 5.74) is 0.916. The lowest BCUT2D eigenvalue weighted by molar-refractivity contribution is 0.112. The number of carbonyl (C=O) groups excluding carboxylic acids is 1. The number of aldehydes is 1. The van der Waals surface area contributed by atoms with Crippen LogP contribution in [0.25, 0.3) is 0 Å². The first kappa shape index (κ1) is 10.1. The molecule has 0 heterocycles. The summed E-state index contributed by atoms with van der Waals surface area (Å²) >= 11 is 5.88. The summed E-state index contributed by atoms with van der Waals surface area (Å²) in [4.78, 5) is 10.5. The number of phenols is 1. The number of hydrogen-bond donors (Lipinski definition) is 1. The van der Waals surface area contributed by atoms with Gasteiger partial charge < -0.3 is 5.11 Å². The highest BCUT2D eigenvalue weighted by Gasteiger charge is 2.13. The second-order valence-corrected chi connectivity index (χ2v) is 3.58. The second kappa shape index (κ2) is 3.79. The van der Waals surface area contributed by atoms with Crippen molar-refractivity contribution in [3.05, 3.63) is 28.3 Å². The van der Waals surface area contributed by atoms with Crippen LogP contribution in [-0.2, 0) is 0 Å². The van der Waals surface area contributed by atoms with Crippen molar-refractivity contribution >= 4 is 17.9 Å². The van der Waals surface area contributed by atoms with Gasteiger partial charge in [-0.1, -0.05) is 25.4 Å². The van der Waals surface area contributed by atoms with Gasteiger partial charge in [0.25, 0.3) is 0 Å². The number of aromatic hydroxyl groups is 1. The summed E-state index contributed by atoms with van der Waals surface area (Å²) in [5, 5.41) is 10.1. The summed E-state index contributed by atoms with van der Waals surface area (Å²) in [6, 6.07) is 3.14. The lowest BCUT2D eigenvalue weighted by Crippen LogP contribution is -1.93. The largest absolute Gasteiger partial charge is 0.507 e. The van der Waals surface area contributed by atoms with Crippen molar-refractivity contribution in [2.45, 2.75) is 19.8 Å². The summed E-state index contributed by atoms with van der Waals surface area (Å²) in [6.07, 6.45) is 0.623. The molecule has 0 saturated carbocycles. The van der Waals surface area contributed by atoms with E-state index in [0.717, 1.165) is 0 Å². The molecule has 0 aliphatic rings. The SMILES string of the molecule is CC(C)c1c(Cl)ccc(C=O)c1O. The van der Waals surface area contributed by atoms with Gasteiger partial charge in [-0.25, -0.2) is 0 Å². The van der Waals surface area contributed by atoms with Gasteiger partial charge in [-0.3, -0.25) is 4.79 Å². The Hall–Kier alpha value is -1.02. The minimum absolute atomic E-state index is 0.00231. The van der Waals surface area contributed by atoms with Gasteiger partial charge in [0.1, 0.15) is 5.75 Å². The molecule has 0 fully saturated rings. The number of phenolic OH excluding ortho intramolecular Hbond substituents is 1. The van der Waals surface area contributed by atoms with Gasteiger partial charge in [0.05, 0.1) is 5.56 Å². The van der Waals surface area contributed by atoms with E-state index in [4.69, 9.17) is 11.6 Å². The molecule has 70 valence electrons. The number of carbonyl (C=O) groups is 1. The number of hydrogen-bond acceptors (Lipinski definition) is 2. The predicted octanol–water partition coefficient (Wildman–Crippen LogP) is 2.98. The van der Waals surface area contributed by atoms with Crippen molar-refractivity contribution in [2.24, 2.45) is 0 Å². The molecule has 1 N–H and O–H groups in total. The molecule has 0 atom stereocenters.